The van der Waals surface area contributed by atoms with E-state index in [1.54, 1.807) is 0 Å². The molecule has 1 fully saturated rings. The molecule has 58 valence electrons. The van der Waals surface area contributed by atoms with Crippen LogP contribution in [0.5, 0.6) is 0 Å². The maximum Gasteiger partial charge on any atom is 0.467 e. The van der Waals surface area contributed by atoms with Crippen molar-refractivity contribution in [2.24, 2.45) is 5.41 Å². The summed E-state index contributed by atoms with van der Waals surface area (Å²) in [5.74, 6) is 0. The van der Waals surface area contributed by atoms with E-state index in [4.69, 9.17) is 9.31 Å². The molecule has 1 heterocycles. The van der Waals surface area contributed by atoms with Gasteiger partial charge in [0, 0.05) is 23.0 Å². The molecule has 1 rings (SSSR count). The third kappa shape index (κ3) is 2.40. The minimum absolute atomic E-state index is 0.0358. The van der Waals surface area contributed by atoms with E-state index in [2.05, 4.69) is 36.4 Å². The van der Waals surface area contributed by atoms with Crippen molar-refractivity contribution >= 4 is 29.7 Å². The average Bonchev–Trinajstić information content (AvgIpc) is 1.88. The van der Waals surface area contributed by atoms with Gasteiger partial charge >= 0.3 is 7.12 Å². The molecule has 0 aromatic heterocycles. The summed E-state index contributed by atoms with van der Waals surface area (Å²) in [6, 6.07) is 0. The fourth-order valence-electron chi connectivity index (χ4n) is 0.816. The maximum atomic E-state index is 5.41. The van der Waals surface area contributed by atoms with Crippen molar-refractivity contribution in [1.29, 1.82) is 0 Å². The second kappa shape index (κ2) is 3.41. The normalized spacial score (nSPS) is 24.9. The number of hydrogen-bond acceptors (Lipinski definition) is 2. The fourth-order valence-corrected chi connectivity index (χ4v) is 1.32. The second-order valence-electron chi connectivity index (χ2n) is 3.37. The van der Waals surface area contributed by atoms with Crippen molar-refractivity contribution in [3.8, 4) is 0 Å². The van der Waals surface area contributed by atoms with E-state index >= 15 is 0 Å². The SMILES string of the molecule is CC1(C)COB(CI)OC1. The highest BCUT2D eigenvalue weighted by molar-refractivity contribution is 14.1. The van der Waals surface area contributed by atoms with E-state index < -0.39 is 0 Å². The predicted octanol–water partition coefficient (Wildman–Crippen LogP) is 1.52. The van der Waals surface area contributed by atoms with Crippen LogP contribution in [0.1, 0.15) is 13.8 Å². The van der Waals surface area contributed by atoms with Gasteiger partial charge in [-0.3, -0.25) is 0 Å². The largest absolute Gasteiger partial charge is 0.467 e. The second-order valence-corrected chi connectivity index (χ2v) is 4.25. The molecule has 0 amide bonds. The van der Waals surface area contributed by atoms with Gasteiger partial charge in [0.2, 0.25) is 0 Å². The highest BCUT2D eigenvalue weighted by atomic mass is 127. The molecule has 1 aliphatic heterocycles. The van der Waals surface area contributed by atoms with Gasteiger partial charge in [0.15, 0.2) is 0 Å². The van der Waals surface area contributed by atoms with Gasteiger partial charge in [-0.1, -0.05) is 36.4 Å². The van der Waals surface area contributed by atoms with Crippen molar-refractivity contribution in [3.63, 3.8) is 0 Å². The maximum absolute atomic E-state index is 5.41. The van der Waals surface area contributed by atoms with Crippen LogP contribution >= 0.6 is 22.6 Å². The van der Waals surface area contributed by atoms with E-state index in [9.17, 15) is 0 Å². The van der Waals surface area contributed by atoms with Crippen molar-refractivity contribution in [3.05, 3.63) is 0 Å². The van der Waals surface area contributed by atoms with Crippen LogP contribution in [0.15, 0.2) is 0 Å². The number of hydrogen-bond donors (Lipinski definition) is 0. The summed E-state index contributed by atoms with van der Waals surface area (Å²) in [5, 5.41) is 0. The third-order valence-electron chi connectivity index (χ3n) is 1.45. The molecule has 10 heavy (non-hydrogen) atoms. The minimum atomic E-state index is 0.0358. The smallest absolute Gasteiger partial charge is 0.410 e. The van der Waals surface area contributed by atoms with E-state index in [-0.39, 0.29) is 12.5 Å². The number of rotatable bonds is 1. The summed E-state index contributed by atoms with van der Waals surface area (Å²) in [7, 11) is 0.0358. The molecule has 0 saturated carbocycles. The first kappa shape index (κ1) is 8.81. The summed E-state index contributed by atoms with van der Waals surface area (Å²) in [6.45, 7) is 5.94. The predicted molar refractivity (Wildman–Crippen MR) is 50.3 cm³/mol. The standard InChI is InChI=1S/C6H12BIO2/c1-6(2)3-9-7(5-8)10-4-6/h3-5H2,1-2H3. The van der Waals surface area contributed by atoms with Crippen LogP contribution in [0.25, 0.3) is 0 Å². The lowest BCUT2D eigenvalue weighted by Crippen LogP contribution is -2.41. The van der Waals surface area contributed by atoms with Gasteiger partial charge < -0.3 is 9.31 Å². The summed E-state index contributed by atoms with van der Waals surface area (Å²) in [4.78, 5) is 0. The van der Waals surface area contributed by atoms with Crippen molar-refractivity contribution < 1.29 is 9.31 Å². The molecule has 2 nitrogen and oxygen atoms in total. The van der Waals surface area contributed by atoms with Crippen molar-refractivity contribution in [1.82, 2.24) is 0 Å². The van der Waals surface area contributed by atoms with Gasteiger partial charge in [0.05, 0.1) is 0 Å². The van der Waals surface area contributed by atoms with E-state index in [1.807, 2.05) is 0 Å². The Morgan fingerprint density at radius 3 is 2.30 bits per heavy atom. The highest BCUT2D eigenvalue weighted by Crippen LogP contribution is 2.21. The lowest BCUT2D eigenvalue weighted by atomic mass is 9.86. The molecule has 0 aromatic carbocycles. The Morgan fingerprint density at radius 1 is 1.40 bits per heavy atom. The molecule has 0 atom stereocenters. The van der Waals surface area contributed by atoms with Gasteiger partial charge in [-0.25, -0.2) is 0 Å². The zero-order valence-electron chi connectivity index (χ0n) is 6.39. The Bertz CT molecular complexity index is 108. The van der Waals surface area contributed by atoms with E-state index in [0.717, 1.165) is 17.5 Å². The Morgan fingerprint density at radius 2 is 1.90 bits per heavy atom. The van der Waals surface area contributed by atoms with Gasteiger partial charge in [-0.2, -0.15) is 0 Å². The van der Waals surface area contributed by atoms with Gasteiger partial charge in [0.25, 0.3) is 0 Å². The summed E-state index contributed by atoms with van der Waals surface area (Å²) >= 11 is 2.27. The molecule has 4 heteroatoms. The van der Waals surface area contributed by atoms with Crippen LogP contribution in [-0.2, 0) is 9.31 Å². The highest BCUT2D eigenvalue weighted by Gasteiger charge is 2.30. The Labute approximate surface area is 75.9 Å². The fraction of sp³-hybridized carbons (Fsp3) is 1.00. The zero-order chi connectivity index (χ0) is 7.61. The zero-order valence-corrected chi connectivity index (χ0v) is 8.55. The van der Waals surface area contributed by atoms with Crippen LogP contribution in [0, 0.1) is 5.41 Å². The van der Waals surface area contributed by atoms with Crippen molar-refractivity contribution in [2.75, 3.05) is 17.5 Å². The van der Waals surface area contributed by atoms with Crippen molar-refractivity contribution in [2.45, 2.75) is 13.8 Å². The van der Waals surface area contributed by atoms with E-state index in [0.29, 0.717) is 0 Å². The Balaban J connectivity index is 2.31. The number of alkyl halides is 1. The van der Waals surface area contributed by atoms with E-state index in [1.165, 1.54) is 0 Å². The molecule has 0 spiro atoms. The molecule has 0 bridgehead atoms. The summed E-state index contributed by atoms with van der Waals surface area (Å²) in [6.07, 6.45) is 0. The van der Waals surface area contributed by atoms with Gasteiger partial charge in [0.1, 0.15) is 0 Å². The van der Waals surface area contributed by atoms with Crippen LogP contribution < -0.4 is 0 Å². The number of halogens is 1. The molecular formula is C6H12BIO2. The summed E-state index contributed by atoms with van der Waals surface area (Å²) in [5.41, 5.74) is 0.211. The van der Waals surface area contributed by atoms with Crippen LogP contribution in [0.2, 0.25) is 0 Å². The lowest BCUT2D eigenvalue weighted by molar-refractivity contribution is 0.0310. The first-order valence-electron chi connectivity index (χ1n) is 3.43. The molecule has 0 aromatic rings. The lowest BCUT2D eigenvalue weighted by Gasteiger charge is -2.32. The molecule has 1 saturated heterocycles. The molecule has 0 aliphatic carbocycles. The van der Waals surface area contributed by atoms with Crippen LogP contribution in [0.3, 0.4) is 0 Å². The molecule has 0 unspecified atom stereocenters. The Hall–Kier alpha value is 0.715. The van der Waals surface area contributed by atoms with Crippen LogP contribution in [-0.4, -0.2) is 24.7 Å². The van der Waals surface area contributed by atoms with Crippen LogP contribution in [0.4, 0.5) is 0 Å². The monoisotopic (exact) mass is 254 g/mol. The average molecular weight is 254 g/mol. The molecule has 0 N–H and O–H groups in total. The van der Waals surface area contributed by atoms with Gasteiger partial charge in [-0.15, -0.1) is 0 Å². The topological polar surface area (TPSA) is 18.5 Å². The Kier molecular flexibility index (Phi) is 3.00. The quantitative estimate of drug-likeness (QED) is 0.401. The molecule has 0 radical (unpaired) electrons. The first-order valence-corrected chi connectivity index (χ1v) is 4.96. The third-order valence-corrected chi connectivity index (χ3v) is 2.17. The molecule has 1 aliphatic rings. The minimum Gasteiger partial charge on any atom is -0.410 e. The molecular weight excluding hydrogens is 242 g/mol. The summed E-state index contributed by atoms with van der Waals surface area (Å²) < 4.78 is 11.7. The van der Waals surface area contributed by atoms with Gasteiger partial charge in [-0.05, 0) is 0 Å². The first-order chi connectivity index (χ1) is 4.64.